The van der Waals surface area contributed by atoms with Crippen molar-refractivity contribution in [3.8, 4) is 5.82 Å². The highest BCUT2D eigenvalue weighted by Gasteiger charge is 2.27. The summed E-state index contributed by atoms with van der Waals surface area (Å²) < 4.78 is 1.82. The topological polar surface area (TPSA) is 105 Å². The second-order valence-corrected chi connectivity index (χ2v) is 7.95. The van der Waals surface area contributed by atoms with Crippen LogP contribution in [0.25, 0.3) is 16.9 Å². The van der Waals surface area contributed by atoms with Crippen LogP contribution in [0.1, 0.15) is 24.2 Å². The van der Waals surface area contributed by atoms with Crippen LogP contribution in [0.2, 0.25) is 0 Å². The van der Waals surface area contributed by atoms with E-state index in [2.05, 4.69) is 35.3 Å². The van der Waals surface area contributed by atoms with Crippen molar-refractivity contribution >= 4 is 28.7 Å². The summed E-state index contributed by atoms with van der Waals surface area (Å²) in [6.45, 7) is 5.41. The predicted octanol–water partition coefficient (Wildman–Crippen LogP) is 3.01. The molecule has 1 aliphatic heterocycles. The Hall–Kier alpha value is -3.75. The average molecular weight is 416 g/mol. The van der Waals surface area contributed by atoms with Crippen LogP contribution in [0.3, 0.4) is 0 Å². The van der Waals surface area contributed by atoms with Gasteiger partial charge in [0.25, 0.3) is 0 Å². The fourth-order valence-corrected chi connectivity index (χ4v) is 4.12. The van der Waals surface area contributed by atoms with E-state index in [0.29, 0.717) is 12.5 Å². The Kier molecular flexibility index (Phi) is 4.85. The minimum Gasteiger partial charge on any atom is -0.356 e. The summed E-state index contributed by atoms with van der Waals surface area (Å²) in [7, 11) is 0. The lowest BCUT2D eigenvalue weighted by Gasteiger charge is -2.32. The van der Waals surface area contributed by atoms with Gasteiger partial charge in [0.05, 0.1) is 22.6 Å². The summed E-state index contributed by atoms with van der Waals surface area (Å²) in [6.07, 6.45) is 3.30. The van der Waals surface area contributed by atoms with Gasteiger partial charge in [-0.3, -0.25) is 10.1 Å². The highest BCUT2D eigenvalue weighted by molar-refractivity contribution is 5.93. The summed E-state index contributed by atoms with van der Waals surface area (Å²) in [4.78, 5) is 31.5. The van der Waals surface area contributed by atoms with E-state index in [1.54, 1.807) is 6.33 Å². The molecule has 0 aliphatic carbocycles. The minimum absolute atomic E-state index is 0.0309. The Morgan fingerprint density at radius 2 is 2.00 bits per heavy atom. The number of aromatic amines is 1. The molecule has 158 valence electrons. The van der Waals surface area contributed by atoms with Gasteiger partial charge in [0.15, 0.2) is 5.82 Å². The molecule has 1 aromatic carbocycles. The second kappa shape index (κ2) is 7.82. The van der Waals surface area contributed by atoms with Gasteiger partial charge in [-0.15, -0.1) is 0 Å². The Morgan fingerprint density at radius 3 is 2.81 bits per heavy atom. The molecule has 1 aliphatic rings. The first-order chi connectivity index (χ1) is 15.1. The van der Waals surface area contributed by atoms with Crippen LogP contribution in [0.5, 0.6) is 0 Å². The number of hydrogen-bond donors (Lipinski definition) is 2. The van der Waals surface area contributed by atoms with Gasteiger partial charge in [-0.2, -0.15) is 5.10 Å². The van der Waals surface area contributed by atoms with Crippen molar-refractivity contribution in [2.45, 2.75) is 26.7 Å². The van der Waals surface area contributed by atoms with Crippen molar-refractivity contribution in [3.63, 3.8) is 0 Å². The lowest BCUT2D eigenvalue weighted by Crippen LogP contribution is -2.41. The number of aromatic nitrogens is 6. The normalized spacial score (nSPS) is 16.6. The first-order valence-electron chi connectivity index (χ1n) is 10.4. The van der Waals surface area contributed by atoms with Crippen LogP contribution in [0, 0.1) is 19.8 Å². The number of carbonyl (C=O) groups is 1. The van der Waals surface area contributed by atoms with Gasteiger partial charge in [-0.1, -0.05) is 12.1 Å². The number of hydrogen-bond acceptors (Lipinski definition) is 6. The molecule has 3 aromatic heterocycles. The third-order valence-electron chi connectivity index (χ3n) is 5.61. The first-order valence-corrected chi connectivity index (χ1v) is 10.4. The fraction of sp³-hybridized carbons (Fsp3) is 0.318. The Bertz CT molecular complexity index is 1210. The van der Waals surface area contributed by atoms with E-state index in [1.807, 2.05) is 54.9 Å². The lowest BCUT2D eigenvalue weighted by molar-refractivity contribution is -0.120. The fourth-order valence-electron chi connectivity index (χ4n) is 4.12. The molecule has 0 bridgehead atoms. The van der Waals surface area contributed by atoms with E-state index >= 15 is 0 Å². The second-order valence-electron chi connectivity index (χ2n) is 7.95. The molecule has 31 heavy (non-hydrogen) atoms. The smallest absolute Gasteiger partial charge is 0.231 e. The number of nitrogens with one attached hydrogen (secondary N) is 2. The number of fused-ring (bicyclic) bond motifs is 1. The lowest BCUT2D eigenvalue weighted by atomic mass is 9.97. The van der Waals surface area contributed by atoms with Gasteiger partial charge < -0.3 is 9.88 Å². The maximum atomic E-state index is 12.9. The predicted molar refractivity (Wildman–Crippen MR) is 118 cm³/mol. The highest BCUT2D eigenvalue weighted by atomic mass is 16.2. The zero-order valence-electron chi connectivity index (χ0n) is 17.5. The molecule has 0 spiro atoms. The molecule has 9 nitrogen and oxygen atoms in total. The van der Waals surface area contributed by atoms with Crippen LogP contribution in [-0.2, 0) is 4.79 Å². The van der Waals surface area contributed by atoms with Gasteiger partial charge in [0.1, 0.15) is 12.1 Å². The number of rotatable bonds is 4. The van der Waals surface area contributed by atoms with Gasteiger partial charge >= 0.3 is 0 Å². The number of imidazole rings is 1. The Balaban J connectivity index is 1.31. The summed E-state index contributed by atoms with van der Waals surface area (Å²) in [5.41, 5.74) is 3.70. The number of carbonyl (C=O) groups excluding carboxylic acids is 1. The number of nitrogens with zero attached hydrogens (tertiary/aromatic N) is 6. The van der Waals surface area contributed by atoms with E-state index in [4.69, 9.17) is 0 Å². The number of amides is 1. The van der Waals surface area contributed by atoms with Crippen molar-refractivity contribution < 1.29 is 4.79 Å². The zero-order valence-corrected chi connectivity index (χ0v) is 17.5. The maximum absolute atomic E-state index is 12.9. The molecule has 0 unspecified atom stereocenters. The largest absolute Gasteiger partial charge is 0.356 e. The standard InChI is InChI=1S/C22H24N8O/c1-14-10-15(2)30(28-14)20-11-19(23-13-24-20)29-9-5-6-16(12-29)21(31)27-22-25-17-7-3-4-8-18(17)26-22/h3-4,7-8,10-11,13,16H,5-6,9,12H2,1-2H3,(H2,25,26,27,31)/t16-/m0/s1. The van der Waals surface area contributed by atoms with Crippen molar-refractivity contribution in [1.29, 1.82) is 0 Å². The van der Waals surface area contributed by atoms with Crippen molar-refractivity contribution in [1.82, 2.24) is 29.7 Å². The molecule has 0 radical (unpaired) electrons. The molecular weight excluding hydrogens is 392 g/mol. The maximum Gasteiger partial charge on any atom is 0.231 e. The van der Waals surface area contributed by atoms with Crippen LogP contribution in [0.15, 0.2) is 42.7 Å². The summed E-state index contributed by atoms with van der Waals surface area (Å²) in [5, 5.41) is 7.45. The van der Waals surface area contributed by atoms with Gasteiger partial charge in [0.2, 0.25) is 11.9 Å². The molecule has 2 N–H and O–H groups in total. The van der Waals surface area contributed by atoms with Crippen molar-refractivity contribution in [2.75, 3.05) is 23.3 Å². The SMILES string of the molecule is Cc1cc(C)n(-c2cc(N3CCC[C@H](C(=O)Nc4nc5ccccc5[nH]4)C3)ncn2)n1. The third-order valence-corrected chi connectivity index (χ3v) is 5.61. The Labute approximate surface area is 179 Å². The van der Waals surface area contributed by atoms with Crippen LogP contribution >= 0.6 is 0 Å². The number of para-hydroxylation sites is 2. The minimum atomic E-state index is -0.144. The molecular formula is C22H24N8O. The molecule has 5 rings (SSSR count). The quantitative estimate of drug-likeness (QED) is 0.530. The first kappa shape index (κ1) is 19.2. The third kappa shape index (κ3) is 3.86. The summed E-state index contributed by atoms with van der Waals surface area (Å²) in [6, 6.07) is 11.7. The van der Waals surface area contributed by atoms with Crippen LogP contribution < -0.4 is 10.2 Å². The number of H-pyrrole nitrogens is 1. The van der Waals surface area contributed by atoms with E-state index < -0.39 is 0 Å². The number of anilines is 2. The number of aryl methyl sites for hydroxylation is 2. The summed E-state index contributed by atoms with van der Waals surface area (Å²) in [5.74, 6) is 1.84. The molecule has 4 heterocycles. The Morgan fingerprint density at radius 1 is 1.16 bits per heavy atom. The molecule has 1 fully saturated rings. The molecule has 9 heteroatoms. The monoisotopic (exact) mass is 416 g/mol. The molecule has 1 amide bonds. The van der Waals surface area contributed by atoms with Gasteiger partial charge in [0, 0.05) is 24.8 Å². The summed E-state index contributed by atoms with van der Waals surface area (Å²) >= 11 is 0. The van der Waals surface area contributed by atoms with Crippen molar-refractivity contribution in [3.05, 3.63) is 54.1 Å². The van der Waals surface area contributed by atoms with Crippen LogP contribution in [-0.4, -0.2) is 48.7 Å². The zero-order chi connectivity index (χ0) is 21.4. The molecule has 1 saturated heterocycles. The van der Waals surface area contributed by atoms with E-state index in [9.17, 15) is 4.79 Å². The van der Waals surface area contributed by atoms with Crippen molar-refractivity contribution in [2.24, 2.45) is 5.92 Å². The van der Waals surface area contributed by atoms with E-state index in [0.717, 1.165) is 53.4 Å². The molecule has 0 saturated carbocycles. The highest BCUT2D eigenvalue weighted by Crippen LogP contribution is 2.24. The average Bonchev–Trinajstić information content (AvgIpc) is 3.35. The molecule has 1 atom stereocenters. The van der Waals surface area contributed by atoms with Crippen LogP contribution in [0.4, 0.5) is 11.8 Å². The molecule has 4 aromatic rings. The number of benzene rings is 1. The number of piperidine rings is 1. The van der Waals surface area contributed by atoms with E-state index in [1.165, 1.54) is 0 Å². The van der Waals surface area contributed by atoms with E-state index in [-0.39, 0.29) is 11.8 Å². The van der Waals surface area contributed by atoms with Gasteiger partial charge in [-0.05, 0) is 44.9 Å². The van der Waals surface area contributed by atoms with Gasteiger partial charge in [-0.25, -0.2) is 19.6 Å².